The van der Waals surface area contributed by atoms with Crippen molar-refractivity contribution < 1.29 is 64.6 Å². The van der Waals surface area contributed by atoms with Crippen LogP contribution >= 0.6 is 0 Å². The summed E-state index contributed by atoms with van der Waals surface area (Å²) in [7, 11) is -5.19. The summed E-state index contributed by atoms with van der Waals surface area (Å²) in [6.07, 6.45) is -1.58. The molecule has 8 N–H and O–H groups in total. The average molecular weight is 1150 g/mol. The van der Waals surface area contributed by atoms with Gasteiger partial charge in [0, 0.05) is 19.6 Å². The van der Waals surface area contributed by atoms with E-state index in [4.69, 9.17) is 24.7 Å². The molecule has 0 aliphatic carbocycles. The normalized spacial score (nSPS) is 15.3. The van der Waals surface area contributed by atoms with Crippen LogP contribution in [0.25, 0.3) is 0 Å². The first kappa shape index (κ1) is 63.1. The monoisotopic (exact) mass is 1150 g/mol. The van der Waals surface area contributed by atoms with Gasteiger partial charge in [0.25, 0.3) is 10.0 Å². The molecular weight excluding hydrogens is 1070 g/mol. The van der Waals surface area contributed by atoms with E-state index in [0.29, 0.717) is 61.6 Å². The number of hydrogen-bond donors (Lipinski definition) is 7. The fourth-order valence-corrected chi connectivity index (χ4v) is 11.9. The number of aryl methyl sites for hydroxylation is 2. The predicted molar refractivity (Wildman–Crippen MR) is 297 cm³/mol. The third kappa shape index (κ3) is 17.1. The molecule has 5 rings (SSSR count). The number of nitrogens with one attached hydrogen (secondary N) is 6. The summed E-state index contributed by atoms with van der Waals surface area (Å²) in [6.45, 7) is 13.7. The zero-order valence-electron chi connectivity index (χ0n) is 47.0. The molecule has 1 saturated heterocycles. The summed E-state index contributed by atoms with van der Waals surface area (Å²) in [5.41, 5.74) is 10.2. The molecule has 3 atom stereocenters. The number of alkyl carbamates (subject to hydrolysis) is 1. The number of nitrogens with two attached hydrogens (primary N) is 1. The summed E-state index contributed by atoms with van der Waals surface area (Å²) < 4.78 is 80.4. The predicted octanol–water partition coefficient (Wildman–Crippen LogP) is 3.56. The van der Waals surface area contributed by atoms with Crippen LogP contribution in [0.15, 0.2) is 81.5 Å². The second-order valence-corrected chi connectivity index (χ2v) is 23.5. The van der Waals surface area contributed by atoms with Gasteiger partial charge in [-0.2, -0.15) is 0 Å². The molecule has 1 aliphatic rings. The first-order chi connectivity index (χ1) is 37.5. The van der Waals surface area contributed by atoms with Gasteiger partial charge in [0.05, 0.1) is 37.0 Å². The minimum absolute atomic E-state index is 0.000406. The average Bonchev–Trinajstić information content (AvgIpc) is 3.57. The van der Waals surface area contributed by atoms with Gasteiger partial charge in [-0.1, -0.05) is 54.6 Å². The number of benzene rings is 4. The van der Waals surface area contributed by atoms with Crippen LogP contribution in [-0.2, 0) is 73.2 Å². The van der Waals surface area contributed by atoms with Crippen molar-refractivity contribution in [2.45, 2.75) is 135 Å². The van der Waals surface area contributed by atoms with Crippen molar-refractivity contribution in [1.29, 1.82) is 0 Å². The van der Waals surface area contributed by atoms with Crippen LogP contribution < -0.4 is 45.9 Å². The number of esters is 1. The molecule has 0 radical (unpaired) electrons. The van der Waals surface area contributed by atoms with Crippen LogP contribution in [-0.4, -0.2) is 121 Å². The molecule has 1 heterocycles. The lowest BCUT2D eigenvalue weighted by atomic mass is 10.0. The van der Waals surface area contributed by atoms with Crippen molar-refractivity contribution in [3.05, 3.63) is 117 Å². The van der Waals surface area contributed by atoms with Crippen molar-refractivity contribution in [1.82, 2.24) is 35.6 Å². The van der Waals surface area contributed by atoms with Crippen molar-refractivity contribution in [3.8, 4) is 11.5 Å². The SMILES string of the molecule is COc1cc(C)c(S(=O)(=O)NCc2ccc(CN3C(=O)[C@@H](CC(=O)N[C@@H](CCCN=C(N)NS(=O)(=O)c4c(C)cc(OC)c(C)c4C)C(=O)NCC(=O)OCc4ccccc4)NC(=O)[C@@H]3CNC(=O)OC(C)(C)C)cc2)c(C)c1C. The van der Waals surface area contributed by atoms with E-state index in [1.807, 2.05) is 0 Å². The zero-order chi connectivity index (χ0) is 59.3. The Morgan fingerprint density at radius 2 is 1.35 bits per heavy atom. The topological polar surface area (TPSA) is 321 Å². The van der Waals surface area contributed by atoms with Gasteiger partial charge >= 0.3 is 12.1 Å². The first-order valence-electron chi connectivity index (χ1n) is 25.6. The molecule has 0 unspecified atom stereocenters. The smallest absolute Gasteiger partial charge is 0.407 e. The molecule has 0 spiro atoms. The molecule has 4 aromatic carbocycles. The Bertz CT molecular complexity index is 3200. The summed E-state index contributed by atoms with van der Waals surface area (Å²) in [5, 5.41) is 10.2. The molecule has 5 amide bonds. The third-order valence-corrected chi connectivity index (χ3v) is 16.4. The van der Waals surface area contributed by atoms with Gasteiger partial charge in [-0.05, 0) is 137 Å². The van der Waals surface area contributed by atoms with E-state index < -0.39 is 98.4 Å². The number of sulfonamides is 2. The molecule has 0 saturated carbocycles. The summed E-state index contributed by atoms with van der Waals surface area (Å²) in [6, 6.07) is 14.6. The van der Waals surface area contributed by atoms with Crippen LogP contribution in [0.3, 0.4) is 0 Å². The zero-order valence-corrected chi connectivity index (χ0v) is 48.6. The van der Waals surface area contributed by atoms with Crippen LogP contribution in [0.1, 0.15) is 90.1 Å². The van der Waals surface area contributed by atoms with Gasteiger partial charge in [-0.15, -0.1) is 0 Å². The highest BCUT2D eigenvalue weighted by Gasteiger charge is 2.42. The van der Waals surface area contributed by atoms with E-state index in [1.54, 1.807) is 129 Å². The molecule has 0 aromatic heterocycles. The Morgan fingerprint density at radius 1 is 0.775 bits per heavy atom. The number of piperazine rings is 1. The lowest BCUT2D eigenvalue weighted by Crippen LogP contribution is -2.66. The second-order valence-electron chi connectivity index (χ2n) is 20.2. The summed E-state index contributed by atoms with van der Waals surface area (Å²) in [4.78, 5) is 86.9. The van der Waals surface area contributed by atoms with Gasteiger partial charge in [0.15, 0.2) is 0 Å². The molecule has 1 aliphatic heterocycles. The fraction of sp³-hybridized carbons (Fsp3) is 0.436. The van der Waals surface area contributed by atoms with E-state index >= 15 is 0 Å². The van der Waals surface area contributed by atoms with Crippen LogP contribution in [0.5, 0.6) is 11.5 Å². The lowest BCUT2D eigenvalue weighted by molar-refractivity contribution is -0.151. The fourth-order valence-electron chi connectivity index (χ4n) is 8.85. The largest absolute Gasteiger partial charge is 0.496 e. The highest BCUT2D eigenvalue weighted by molar-refractivity contribution is 7.90. The van der Waals surface area contributed by atoms with Crippen molar-refractivity contribution in [2.24, 2.45) is 10.7 Å². The van der Waals surface area contributed by atoms with E-state index in [9.17, 15) is 45.6 Å². The molecule has 1 fully saturated rings. The number of amides is 5. The van der Waals surface area contributed by atoms with Crippen molar-refractivity contribution in [2.75, 3.05) is 33.9 Å². The maximum absolute atomic E-state index is 14.4. The Hall–Kier alpha value is -7.77. The first-order valence-corrected chi connectivity index (χ1v) is 28.6. The van der Waals surface area contributed by atoms with Crippen molar-refractivity contribution >= 4 is 61.7 Å². The molecule has 80 heavy (non-hydrogen) atoms. The molecule has 23 nitrogen and oxygen atoms in total. The van der Waals surface area contributed by atoms with E-state index in [2.05, 4.69) is 35.7 Å². The maximum atomic E-state index is 14.4. The number of aliphatic imine (C=N–C) groups is 1. The van der Waals surface area contributed by atoms with Gasteiger partial charge in [0.2, 0.25) is 39.6 Å². The molecule has 25 heteroatoms. The lowest BCUT2D eigenvalue weighted by Gasteiger charge is -2.39. The Labute approximate surface area is 467 Å². The Morgan fingerprint density at radius 3 is 1.93 bits per heavy atom. The highest BCUT2D eigenvalue weighted by atomic mass is 32.2. The molecule has 4 aromatic rings. The quantitative estimate of drug-likeness (QED) is 0.0228. The van der Waals surface area contributed by atoms with Crippen LogP contribution in [0.4, 0.5) is 4.79 Å². The number of rotatable bonds is 24. The molecule has 434 valence electrons. The number of carbonyl (C=O) groups excluding carboxylic acids is 6. The molecule has 0 bridgehead atoms. The highest BCUT2D eigenvalue weighted by Crippen LogP contribution is 2.32. The van der Waals surface area contributed by atoms with Crippen LogP contribution in [0.2, 0.25) is 0 Å². The van der Waals surface area contributed by atoms with Crippen molar-refractivity contribution in [3.63, 3.8) is 0 Å². The number of methoxy groups -OCH3 is 2. The van der Waals surface area contributed by atoms with Gasteiger partial charge in [-0.25, -0.2) is 31.1 Å². The van der Waals surface area contributed by atoms with E-state index in [0.717, 1.165) is 0 Å². The van der Waals surface area contributed by atoms with Crippen LogP contribution in [0, 0.1) is 41.5 Å². The maximum Gasteiger partial charge on any atom is 0.407 e. The summed E-state index contributed by atoms with van der Waals surface area (Å²) >= 11 is 0. The van der Waals surface area contributed by atoms with E-state index in [1.165, 1.54) is 19.1 Å². The van der Waals surface area contributed by atoms with Gasteiger partial charge in [0.1, 0.15) is 48.4 Å². The summed E-state index contributed by atoms with van der Waals surface area (Å²) in [5.74, 6) is -3.21. The minimum Gasteiger partial charge on any atom is -0.496 e. The second kappa shape index (κ2) is 27.4. The Kier molecular flexibility index (Phi) is 21.6. The molecular formula is C55H73N9O14S2. The number of hydrogen-bond acceptors (Lipinski definition) is 15. The standard InChI is InChI=1S/C55H73N9O14S2/c1-32-24-44(75-10)34(3)36(5)48(32)79(71,72)60-27-38-19-21-39(22-20-38)30-64-43(28-59-54(70)78-55(7,8)9)51(68)62-42(52(64)69)26-46(65)61-41(50(67)58-29-47(66)77-31-40-16-13-12-14-17-40)18-15-23-57-53(56)63-80(73,74)49-33(2)25-45(76-11)35(4)37(49)6/h12-14,16-17,19-22,24-25,41-43,60H,15,18,23,26-31H2,1-11H3,(H,58,67)(H,59,70)(H,61,65)(H,62,68)(H3,56,57,63)/t41-,42+,43-/m0/s1. The van der Waals surface area contributed by atoms with Gasteiger partial charge < -0.3 is 50.8 Å². The number of nitrogens with zero attached hydrogens (tertiary/aromatic N) is 2. The number of guanidine groups is 1. The van der Waals surface area contributed by atoms with Gasteiger partial charge in [-0.3, -0.25) is 29.0 Å². The number of carbonyl (C=O) groups is 6. The minimum atomic E-state index is -4.21. The third-order valence-electron chi connectivity index (χ3n) is 13.1. The Balaban J connectivity index is 1.31. The van der Waals surface area contributed by atoms with E-state index in [-0.39, 0.29) is 55.4 Å². The number of ether oxygens (including phenoxy) is 4.